The Balaban J connectivity index is 3.00. The van der Waals surface area contributed by atoms with Gasteiger partial charge in [-0.25, -0.2) is 0 Å². The Morgan fingerprint density at radius 3 is 2.39 bits per heavy atom. The van der Waals surface area contributed by atoms with Gasteiger partial charge in [0, 0.05) is 19.1 Å². The molecule has 0 saturated carbocycles. The smallest absolute Gasteiger partial charge is 0.317 e. The first kappa shape index (κ1) is 15.2. The summed E-state index contributed by atoms with van der Waals surface area (Å²) < 4.78 is 2.74. The molecule has 0 aromatic carbocycles. The number of nitrogens with zero attached hydrogens (tertiary/aromatic N) is 3. The standard InChI is InChI=1S/C12H20BrN3O2/c1-8-11(13)9(15(5)14-8)6-16(7-10(17)18)12(2,3)4/h6-7H2,1-5H3,(H,17,18). The molecule has 0 radical (unpaired) electrons. The van der Waals surface area contributed by atoms with Crippen molar-refractivity contribution in [2.24, 2.45) is 7.05 Å². The molecule has 18 heavy (non-hydrogen) atoms. The molecule has 0 spiro atoms. The summed E-state index contributed by atoms with van der Waals surface area (Å²) in [7, 11) is 1.87. The van der Waals surface area contributed by atoms with E-state index in [-0.39, 0.29) is 12.1 Å². The van der Waals surface area contributed by atoms with Gasteiger partial charge in [0.05, 0.1) is 22.4 Å². The second kappa shape index (κ2) is 5.40. The second-order valence-electron chi connectivity index (χ2n) is 5.39. The van der Waals surface area contributed by atoms with E-state index in [4.69, 9.17) is 5.11 Å². The topological polar surface area (TPSA) is 58.4 Å². The Kier molecular flexibility index (Phi) is 4.55. The van der Waals surface area contributed by atoms with Crippen molar-refractivity contribution in [3.63, 3.8) is 0 Å². The predicted molar refractivity (Wildman–Crippen MR) is 73.4 cm³/mol. The van der Waals surface area contributed by atoms with Crippen LogP contribution in [-0.2, 0) is 18.4 Å². The average molecular weight is 318 g/mol. The lowest BCUT2D eigenvalue weighted by atomic mass is 10.1. The van der Waals surface area contributed by atoms with Gasteiger partial charge in [0.25, 0.3) is 0 Å². The molecule has 102 valence electrons. The number of aromatic nitrogens is 2. The first-order chi connectivity index (χ1) is 8.12. The fourth-order valence-corrected chi connectivity index (χ4v) is 2.19. The van der Waals surface area contributed by atoms with Crippen LogP contribution >= 0.6 is 15.9 Å². The van der Waals surface area contributed by atoms with Crippen LogP contribution in [0.2, 0.25) is 0 Å². The van der Waals surface area contributed by atoms with E-state index in [1.807, 2.05) is 39.6 Å². The molecule has 0 aliphatic rings. The van der Waals surface area contributed by atoms with Crippen LogP contribution in [0, 0.1) is 6.92 Å². The van der Waals surface area contributed by atoms with Crippen molar-refractivity contribution in [2.45, 2.75) is 39.8 Å². The molecule has 1 N–H and O–H groups in total. The summed E-state index contributed by atoms with van der Waals surface area (Å²) in [6.07, 6.45) is 0. The van der Waals surface area contributed by atoms with Gasteiger partial charge >= 0.3 is 5.97 Å². The molecule has 0 amide bonds. The Morgan fingerprint density at radius 2 is 2.06 bits per heavy atom. The zero-order valence-electron chi connectivity index (χ0n) is 11.5. The summed E-state index contributed by atoms with van der Waals surface area (Å²) in [5, 5.41) is 13.3. The fraction of sp³-hybridized carbons (Fsp3) is 0.667. The van der Waals surface area contributed by atoms with Gasteiger partial charge in [-0.15, -0.1) is 0 Å². The van der Waals surface area contributed by atoms with Crippen molar-refractivity contribution in [2.75, 3.05) is 6.54 Å². The minimum absolute atomic E-state index is 0.0141. The minimum atomic E-state index is -0.820. The molecule has 0 fully saturated rings. The van der Waals surface area contributed by atoms with E-state index < -0.39 is 5.97 Å². The highest BCUT2D eigenvalue weighted by Gasteiger charge is 2.26. The fourth-order valence-electron chi connectivity index (χ4n) is 1.73. The minimum Gasteiger partial charge on any atom is -0.480 e. The van der Waals surface area contributed by atoms with Crippen LogP contribution in [0.3, 0.4) is 0 Å². The van der Waals surface area contributed by atoms with Crippen molar-refractivity contribution in [3.8, 4) is 0 Å². The zero-order valence-corrected chi connectivity index (χ0v) is 13.1. The van der Waals surface area contributed by atoms with E-state index in [9.17, 15) is 4.79 Å². The molecule has 1 heterocycles. The third-order valence-corrected chi connectivity index (χ3v) is 3.91. The number of aliphatic carboxylic acids is 1. The lowest BCUT2D eigenvalue weighted by Gasteiger charge is -2.34. The van der Waals surface area contributed by atoms with Crippen molar-refractivity contribution in [3.05, 3.63) is 15.9 Å². The Labute approximate surface area is 116 Å². The molecule has 0 atom stereocenters. The third-order valence-electron chi connectivity index (χ3n) is 2.88. The molecule has 0 saturated heterocycles. The first-order valence-electron chi connectivity index (χ1n) is 5.77. The lowest BCUT2D eigenvalue weighted by molar-refractivity contribution is -0.140. The van der Waals surface area contributed by atoms with Gasteiger partial charge in [-0.2, -0.15) is 5.10 Å². The Bertz CT molecular complexity index is 449. The normalized spacial score (nSPS) is 12.2. The molecule has 5 nitrogen and oxygen atoms in total. The summed E-state index contributed by atoms with van der Waals surface area (Å²) in [6, 6.07) is 0. The molecular weight excluding hydrogens is 298 g/mol. The maximum atomic E-state index is 10.9. The largest absolute Gasteiger partial charge is 0.480 e. The summed E-state index contributed by atoms with van der Waals surface area (Å²) in [4.78, 5) is 12.9. The summed E-state index contributed by atoms with van der Waals surface area (Å²) in [6.45, 7) is 8.51. The van der Waals surface area contributed by atoms with Gasteiger partial charge in [0.15, 0.2) is 0 Å². The summed E-state index contributed by atoms with van der Waals surface area (Å²) in [5.41, 5.74) is 1.69. The highest BCUT2D eigenvalue weighted by atomic mass is 79.9. The van der Waals surface area contributed by atoms with E-state index in [0.29, 0.717) is 6.54 Å². The molecule has 6 heteroatoms. The van der Waals surface area contributed by atoms with Gasteiger partial charge in [-0.05, 0) is 43.6 Å². The van der Waals surface area contributed by atoms with Crippen LogP contribution in [0.1, 0.15) is 32.2 Å². The van der Waals surface area contributed by atoms with E-state index in [1.165, 1.54) is 0 Å². The molecule has 1 rings (SSSR count). The molecule has 1 aromatic rings. The van der Waals surface area contributed by atoms with Crippen LogP contribution in [0.15, 0.2) is 4.47 Å². The van der Waals surface area contributed by atoms with Gasteiger partial charge in [-0.3, -0.25) is 14.4 Å². The van der Waals surface area contributed by atoms with Gasteiger partial charge in [0.2, 0.25) is 0 Å². The van der Waals surface area contributed by atoms with Crippen LogP contribution in [0.5, 0.6) is 0 Å². The van der Waals surface area contributed by atoms with Gasteiger partial charge < -0.3 is 5.11 Å². The molecular formula is C12H20BrN3O2. The van der Waals surface area contributed by atoms with Gasteiger partial charge in [0.1, 0.15) is 0 Å². The van der Waals surface area contributed by atoms with E-state index in [0.717, 1.165) is 15.9 Å². The number of hydrogen-bond donors (Lipinski definition) is 1. The van der Waals surface area contributed by atoms with Crippen molar-refractivity contribution in [1.29, 1.82) is 0 Å². The monoisotopic (exact) mass is 317 g/mol. The quantitative estimate of drug-likeness (QED) is 0.924. The molecule has 1 aromatic heterocycles. The molecule has 0 aliphatic carbocycles. The molecule has 0 aliphatic heterocycles. The van der Waals surface area contributed by atoms with E-state index in [1.54, 1.807) is 4.68 Å². The number of aryl methyl sites for hydroxylation is 2. The van der Waals surface area contributed by atoms with Crippen molar-refractivity contribution < 1.29 is 9.90 Å². The predicted octanol–water partition coefficient (Wildman–Crippen LogP) is 2.18. The SMILES string of the molecule is Cc1nn(C)c(CN(CC(=O)O)C(C)(C)C)c1Br. The van der Waals surface area contributed by atoms with E-state index >= 15 is 0 Å². The number of carboxylic acid groups (broad SMARTS) is 1. The number of hydrogen-bond acceptors (Lipinski definition) is 3. The van der Waals surface area contributed by atoms with Crippen molar-refractivity contribution >= 4 is 21.9 Å². The van der Waals surface area contributed by atoms with E-state index in [2.05, 4.69) is 21.0 Å². The van der Waals surface area contributed by atoms with Gasteiger partial charge in [-0.1, -0.05) is 0 Å². The lowest BCUT2D eigenvalue weighted by Crippen LogP contribution is -2.44. The number of rotatable bonds is 4. The number of halogens is 1. The molecule has 0 bridgehead atoms. The van der Waals surface area contributed by atoms with Crippen LogP contribution in [0.25, 0.3) is 0 Å². The number of carbonyl (C=O) groups is 1. The second-order valence-corrected chi connectivity index (χ2v) is 6.18. The van der Waals surface area contributed by atoms with Crippen molar-refractivity contribution in [1.82, 2.24) is 14.7 Å². The average Bonchev–Trinajstić information content (AvgIpc) is 2.41. The highest BCUT2D eigenvalue weighted by molar-refractivity contribution is 9.10. The summed E-state index contributed by atoms with van der Waals surface area (Å²) >= 11 is 3.51. The van der Waals surface area contributed by atoms with Crippen LogP contribution in [-0.4, -0.2) is 37.8 Å². The third kappa shape index (κ3) is 3.55. The summed E-state index contributed by atoms with van der Waals surface area (Å²) in [5.74, 6) is -0.820. The number of carboxylic acids is 1. The maximum Gasteiger partial charge on any atom is 0.317 e. The highest BCUT2D eigenvalue weighted by Crippen LogP contribution is 2.24. The molecule has 0 unspecified atom stereocenters. The Hall–Kier alpha value is -0.880. The maximum absolute atomic E-state index is 10.9. The first-order valence-corrected chi connectivity index (χ1v) is 6.57. The van der Waals surface area contributed by atoms with Crippen LogP contribution in [0.4, 0.5) is 0 Å². The van der Waals surface area contributed by atoms with Crippen LogP contribution < -0.4 is 0 Å². The zero-order chi connectivity index (χ0) is 14.1. The Morgan fingerprint density at radius 1 is 1.50 bits per heavy atom.